The number of ketones is 1. The highest BCUT2D eigenvalue weighted by atomic mass is 16.3. The fourth-order valence-corrected chi connectivity index (χ4v) is 1.99. The van der Waals surface area contributed by atoms with Crippen molar-refractivity contribution >= 4 is 11.7 Å². The fourth-order valence-electron chi connectivity index (χ4n) is 1.99. The Hall–Kier alpha value is -1.68. The lowest BCUT2D eigenvalue weighted by Crippen LogP contribution is -2.43. The maximum atomic E-state index is 12.0. The van der Waals surface area contributed by atoms with Gasteiger partial charge in [-0.2, -0.15) is 0 Å². The van der Waals surface area contributed by atoms with E-state index in [-0.39, 0.29) is 12.0 Å². The van der Waals surface area contributed by atoms with Crippen LogP contribution in [0.5, 0.6) is 0 Å². The molecule has 20 heavy (non-hydrogen) atoms. The smallest absolute Gasteiger partial charge is 0.292 e. The van der Waals surface area contributed by atoms with Gasteiger partial charge in [0.1, 0.15) is 0 Å². The van der Waals surface area contributed by atoms with Crippen LogP contribution in [0.25, 0.3) is 0 Å². The molecule has 0 bridgehead atoms. The van der Waals surface area contributed by atoms with Gasteiger partial charge in [-0.1, -0.05) is 50.6 Å². The highest BCUT2D eigenvalue weighted by Gasteiger charge is 2.23. The maximum Gasteiger partial charge on any atom is 0.292 e. The average molecular weight is 277 g/mol. The molecule has 1 aromatic carbocycles. The molecule has 1 unspecified atom stereocenters. The second-order valence-electron chi connectivity index (χ2n) is 6.31. The van der Waals surface area contributed by atoms with Crippen molar-refractivity contribution in [1.82, 2.24) is 5.32 Å². The summed E-state index contributed by atoms with van der Waals surface area (Å²) in [6.45, 7) is 7.79. The van der Waals surface area contributed by atoms with Crippen molar-refractivity contribution in [3.63, 3.8) is 0 Å². The molecule has 4 heteroatoms. The van der Waals surface area contributed by atoms with Crippen LogP contribution < -0.4 is 5.32 Å². The van der Waals surface area contributed by atoms with Crippen LogP contribution in [0.15, 0.2) is 24.3 Å². The monoisotopic (exact) mass is 277 g/mol. The van der Waals surface area contributed by atoms with Crippen molar-refractivity contribution in [2.24, 2.45) is 5.41 Å². The van der Waals surface area contributed by atoms with E-state index < -0.39 is 17.7 Å². The molecule has 0 aliphatic heterocycles. The van der Waals surface area contributed by atoms with Crippen LogP contribution >= 0.6 is 0 Å². The largest absolute Gasteiger partial charge is 0.394 e. The SMILES string of the molecule is Cc1ccc(C(=O)C(=O)NC(CO)CC(C)(C)C)cc1. The summed E-state index contributed by atoms with van der Waals surface area (Å²) in [6.07, 6.45) is 0.608. The number of hydrogen-bond donors (Lipinski definition) is 2. The van der Waals surface area contributed by atoms with Crippen LogP contribution in [0.3, 0.4) is 0 Å². The van der Waals surface area contributed by atoms with E-state index in [1.54, 1.807) is 24.3 Å². The molecule has 0 aliphatic carbocycles. The minimum absolute atomic E-state index is 0.0341. The molecule has 1 aromatic rings. The lowest BCUT2D eigenvalue weighted by atomic mass is 9.88. The molecule has 0 fully saturated rings. The first kappa shape index (κ1) is 16.4. The number of amides is 1. The summed E-state index contributed by atoms with van der Waals surface area (Å²) >= 11 is 0. The summed E-state index contributed by atoms with van der Waals surface area (Å²) in [4.78, 5) is 23.9. The van der Waals surface area contributed by atoms with Crippen LogP contribution in [0.1, 0.15) is 43.1 Å². The summed E-state index contributed by atoms with van der Waals surface area (Å²) in [5.74, 6) is -1.24. The normalized spacial score (nSPS) is 12.8. The molecule has 1 amide bonds. The molecule has 0 radical (unpaired) electrons. The molecule has 2 N–H and O–H groups in total. The maximum absolute atomic E-state index is 12.0. The second kappa shape index (κ2) is 6.66. The third-order valence-electron chi connectivity index (χ3n) is 2.93. The highest BCUT2D eigenvalue weighted by Crippen LogP contribution is 2.20. The molecule has 0 heterocycles. The van der Waals surface area contributed by atoms with Crippen LogP contribution in [-0.2, 0) is 4.79 Å². The van der Waals surface area contributed by atoms with E-state index in [0.29, 0.717) is 12.0 Å². The number of aryl methyl sites for hydroxylation is 1. The molecule has 0 aliphatic rings. The summed E-state index contributed by atoms with van der Waals surface area (Å²) in [6, 6.07) is 6.44. The second-order valence-corrected chi connectivity index (χ2v) is 6.31. The van der Waals surface area contributed by atoms with Gasteiger partial charge in [-0.15, -0.1) is 0 Å². The number of nitrogens with one attached hydrogen (secondary N) is 1. The van der Waals surface area contributed by atoms with Gasteiger partial charge in [-0.05, 0) is 18.8 Å². The quantitative estimate of drug-likeness (QED) is 0.640. The minimum atomic E-state index is -0.669. The van der Waals surface area contributed by atoms with E-state index in [1.165, 1.54) is 0 Å². The third kappa shape index (κ3) is 5.13. The van der Waals surface area contributed by atoms with E-state index >= 15 is 0 Å². The van der Waals surface area contributed by atoms with E-state index in [9.17, 15) is 14.7 Å². The fraction of sp³-hybridized carbons (Fsp3) is 0.500. The molecule has 0 aromatic heterocycles. The Labute approximate surface area is 120 Å². The van der Waals surface area contributed by atoms with E-state index in [2.05, 4.69) is 5.32 Å². The van der Waals surface area contributed by atoms with Crippen molar-refractivity contribution in [3.8, 4) is 0 Å². The Balaban J connectivity index is 2.69. The van der Waals surface area contributed by atoms with Gasteiger partial charge in [-0.25, -0.2) is 0 Å². The molecule has 0 spiro atoms. The van der Waals surface area contributed by atoms with Gasteiger partial charge < -0.3 is 10.4 Å². The number of aliphatic hydroxyl groups is 1. The van der Waals surface area contributed by atoms with Gasteiger partial charge in [0.25, 0.3) is 5.91 Å². The van der Waals surface area contributed by atoms with Crippen molar-refractivity contribution < 1.29 is 14.7 Å². The topological polar surface area (TPSA) is 66.4 Å². The molecule has 0 saturated carbocycles. The van der Waals surface area contributed by atoms with Gasteiger partial charge >= 0.3 is 0 Å². The van der Waals surface area contributed by atoms with Gasteiger partial charge in [0.05, 0.1) is 12.6 Å². The predicted octanol–water partition coefficient (Wildman–Crippen LogP) is 2.09. The van der Waals surface area contributed by atoms with Gasteiger partial charge in [0.15, 0.2) is 0 Å². The first-order chi connectivity index (χ1) is 9.23. The molecule has 0 saturated heterocycles. The lowest BCUT2D eigenvalue weighted by molar-refractivity contribution is -0.118. The molecular formula is C16H23NO3. The van der Waals surface area contributed by atoms with Crippen LogP contribution in [0.2, 0.25) is 0 Å². The Morgan fingerprint density at radius 2 is 1.75 bits per heavy atom. The van der Waals surface area contributed by atoms with Crippen molar-refractivity contribution in [3.05, 3.63) is 35.4 Å². The van der Waals surface area contributed by atoms with E-state index in [4.69, 9.17) is 0 Å². The molecule has 4 nitrogen and oxygen atoms in total. The van der Waals surface area contributed by atoms with Crippen LogP contribution in [0, 0.1) is 12.3 Å². The zero-order valence-corrected chi connectivity index (χ0v) is 12.6. The predicted molar refractivity (Wildman–Crippen MR) is 78.6 cm³/mol. The van der Waals surface area contributed by atoms with Crippen molar-refractivity contribution in [2.75, 3.05) is 6.61 Å². The number of hydrogen-bond acceptors (Lipinski definition) is 3. The molecule has 1 rings (SSSR count). The molecule has 1 atom stereocenters. The first-order valence-electron chi connectivity index (χ1n) is 6.75. The molecule has 110 valence electrons. The van der Waals surface area contributed by atoms with E-state index in [1.807, 2.05) is 27.7 Å². The summed E-state index contributed by atoms with van der Waals surface area (Å²) in [5.41, 5.74) is 1.36. The molecular weight excluding hydrogens is 254 g/mol. The zero-order chi connectivity index (χ0) is 15.3. The average Bonchev–Trinajstić information content (AvgIpc) is 2.36. The Bertz CT molecular complexity index is 471. The van der Waals surface area contributed by atoms with Crippen molar-refractivity contribution in [2.45, 2.75) is 40.2 Å². The number of carbonyl (C=O) groups excluding carboxylic acids is 2. The Kier molecular flexibility index (Phi) is 5.45. The number of aliphatic hydroxyl groups excluding tert-OH is 1. The van der Waals surface area contributed by atoms with Gasteiger partial charge in [0, 0.05) is 5.56 Å². The first-order valence-corrected chi connectivity index (χ1v) is 6.75. The van der Waals surface area contributed by atoms with Crippen LogP contribution in [0.4, 0.5) is 0 Å². The summed E-state index contributed by atoms with van der Waals surface area (Å²) in [7, 11) is 0. The summed E-state index contributed by atoms with van der Waals surface area (Å²) < 4.78 is 0. The van der Waals surface area contributed by atoms with Crippen LogP contribution in [-0.4, -0.2) is 29.4 Å². The van der Waals surface area contributed by atoms with Crippen molar-refractivity contribution in [1.29, 1.82) is 0 Å². The Morgan fingerprint density at radius 3 is 2.20 bits per heavy atom. The van der Waals surface area contributed by atoms with Gasteiger partial charge in [-0.3, -0.25) is 9.59 Å². The van der Waals surface area contributed by atoms with Gasteiger partial charge in [0.2, 0.25) is 5.78 Å². The lowest BCUT2D eigenvalue weighted by Gasteiger charge is -2.25. The van der Waals surface area contributed by atoms with E-state index in [0.717, 1.165) is 5.56 Å². The zero-order valence-electron chi connectivity index (χ0n) is 12.6. The standard InChI is InChI=1S/C16H23NO3/c1-11-5-7-12(8-6-11)14(19)15(20)17-13(10-18)9-16(2,3)4/h5-8,13,18H,9-10H2,1-4H3,(H,17,20). The summed E-state index contributed by atoms with van der Waals surface area (Å²) in [5, 5.41) is 11.9. The number of benzene rings is 1. The third-order valence-corrected chi connectivity index (χ3v) is 2.93. The number of carbonyl (C=O) groups is 2. The minimum Gasteiger partial charge on any atom is -0.394 e. The highest BCUT2D eigenvalue weighted by molar-refractivity contribution is 6.42. The number of rotatable bonds is 5. The number of Topliss-reactive ketones (excluding diaryl/α,β-unsaturated/α-hetero) is 1. The Morgan fingerprint density at radius 1 is 1.20 bits per heavy atom.